The van der Waals surface area contributed by atoms with E-state index in [4.69, 9.17) is 0 Å². The SMILES string of the molecule is C[C@]12CC=C3C4=CC=C(O)CC4CCC3C1CCC2O. The Balaban J connectivity index is 1.73. The number of rotatable bonds is 0. The summed E-state index contributed by atoms with van der Waals surface area (Å²) < 4.78 is 0. The molecule has 2 fully saturated rings. The molecule has 4 unspecified atom stereocenters. The van der Waals surface area contributed by atoms with Crippen LogP contribution in [0.2, 0.25) is 0 Å². The van der Waals surface area contributed by atoms with Crippen molar-refractivity contribution in [1.29, 1.82) is 0 Å². The highest BCUT2D eigenvalue weighted by atomic mass is 16.3. The Morgan fingerprint density at radius 3 is 2.80 bits per heavy atom. The lowest BCUT2D eigenvalue weighted by Gasteiger charge is -2.47. The van der Waals surface area contributed by atoms with Crippen molar-refractivity contribution < 1.29 is 10.2 Å². The predicted octanol–water partition coefficient (Wildman–Crippen LogP) is 3.89. The molecule has 0 aliphatic heterocycles. The molecule has 0 heterocycles. The van der Waals surface area contributed by atoms with Crippen LogP contribution >= 0.6 is 0 Å². The molecule has 5 atom stereocenters. The molecule has 20 heavy (non-hydrogen) atoms. The molecule has 2 N–H and O–H groups in total. The van der Waals surface area contributed by atoms with Gasteiger partial charge in [0.2, 0.25) is 0 Å². The van der Waals surface area contributed by atoms with Gasteiger partial charge in [-0.2, -0.15) is 0 Å². The van der Waals surface area contributed by atoms with Crippen molar-refractivity contribution in [3.8, 4) is 0 Å². The minimum Gasteiger partial charge on any atom is -0.512 e. The Hall–Kier alpha value is -1.02. The van der Waals surface area contributed by atoms with Crippen molar-refractivity contribution in [2.45, 2.75) is 51.6 Å². The van der Waals surface area contributed by atoms with Gasteiger partial charge >= 0.3 is 0 Å². The first kappa shape index (κ1) is 12.7. The molecule has 0 radical (unpaired) electrons. The van der Waals surface area contributed by atoms with Crippen LogP contribution in [0.4, 0.5) is 0 Å². The zero-order chi connectivity index (χ0) is 13.9. The highest BCUT2D eigenvalue weighted by Crippen LogP contribution is 2.59. The highest BCUT2D eigenvalue weighted by Gasteiger charge is 2.52. The van der Waals surface area contributed by atoms with Crippen LogP contribution in [0, 0.1) is 23.2 Å². The van der Waals surface area contributed by atoms with Gasteiger partial charge in [0.05, 0.1) is 11.9 Å². The van der Waals surface area contributed by atoms with E-state index in [1.807, 2.05) is 6.08 Å². The molecule has 0 amide bonds. The standard InChI is InChI=1S/C18H24O2/c1-18-9-8-14-13-5-3-12(19)10-11(13)2-4-15(14)16(18)6-7-17(18)20/h3,5,8,11,15-17,19-20H,2,4,6-7,9-10H2,1H3/t11?,15?,16?,17?,18-/m0/s1. The lowest BCUT2D eigenvalue weighted by atomic mass is 9.57. The first-order chi connectivity index (χ1) is 9.59. The van der Waals surface area contributed by atoms with E-state index < -0.39 is 0 Å². The molecule has 108 valence electrons. The Morgan fingerprint density at radius 2 is 1.95 bits per heavy atom. The van der Waals surface area contributed by atoms with Gasteiger partial charge in [0, 0.05) is 11.8 Å². The summed E-state index contributed by atoms with van der Waals surface area (Å²) in [4.78, 5) is 0. The largest absolute Gasteiger partial charge is 0.512 e. The van der Waals surface area contributed by atoms with Gasteiger partial charge in [-0.15, -0.1) is 0 Å². The van der Waals surface area contributed by atoms with E-state index in [1.165, 1.54) is 24.8 Å². The van der Waals surface area contributed by atoms with Gasteiger partial charge < -0.3 is 10.2 Å². The van der Waals surface area contributed by atoms with E-state index in [-0.39, 0.29) is 11.5 Å². The molecule has 2 heteroatoms. The minimum absolute atomic E-state index is 0.105. The van der Waals surface area contributed by atoms with Crippen LogP contribution in [0.1, 0.15) is 45.4 Å². The first-order valence-electron chi connectivity index (χ1n) is 8.08. The van der Waals surface area contributed by atoms with Gasteiger partial charge in [0.1, 0.15) is 0 Å². The molecular formula is C18H24O2. The predicted molar refractivity (Wildman–Crippen MR) is 79.2 cm³/mol. The summed E-state index contributed by atoms with van der Waals surface area (Å²) in [6.07, 6.45) is 12.7. The van der Waals surface area contributed by atoms with Gasteiger partial charge in [0.15, 0.2) is 0 Å². The van der Waals surface area contributed by atoms with Crippen molar-refractivity contribution in [3.05, 3.63) is 35.1 Å². The molecule has 0 spiro atoms. The molecule has 2 nitrogen and oxygen atoms in total. The minimum atomic E-state index is -0.118. The van der Waals surface area contributed by atoms with Gasteiger partial charge in [0.25, 0.3) is 0 Å². The van der Waals surface area contributed by atoms with E-state index in [0.717, 1.165) is 19.3 Å². The van der Waals surface area contributed by atoms with E-state index in [9.17, 15) is 10.2 Å². The summed E-state index contributed by atoms with van der Waals surface area (Å²) >= 11 is 0. The number of hydrogen-bond donors (Lipinski definition) is 2. The Bertz CT molecular complexity index is 528. The van der Waals surface area contributed by atoms with Gasteiger partial charge in [-0.3, -0.25) is 0 Å². The average Bonchev–Trinajstić information content (AvgIpc) is 2.74. The summed E-state index contributed by atoms with van der Waals surface area (Å²) in [6.45, 7) is 2.29. The Labute approximate surface area is 120 Å². The molecular weight excluding hydrogens is 248 g/mol. The third-order valence-electron chi connectivity index (χ3n) is 6.52. The summed E-state index contributed by atoms with van der Waals surface area (Å²) in [5, 5.41) is 20.1. The second-order valence-electron chi connectivity index (χ2n) is 7.43. The summed E-state index contributed by atoms with van der Waals surface area (Å²) in [7, 11) is 0. The second-order valence-corrected chi connectivity index (χ2v) is 7.43. The van der Waals surface area contributed by atoms with E-state index >= 15 is 0 Å². The van der Waals surface area contributed by atoms with E-state index in [2.05, 4.69) is 19.1 Å². The maximum atomic E-state index is 10.4. The van der Waals surface area contributed by atoms with Crippen molar-refractivity contribution >= 4 is 0 Å². The first-order valence-corrected chi connectivity index (χ1v) is 8.08. The smallest absolute Gasteiger partial charge is 0.0928 e. The molecule has 4 aliphatic rings. The molecule has 0 aromatic carbocycles. The molecule has 0 aromatic rings. The van der Waals surface area contributed by atoms with E-state index in [1.54, 1.807) is 5.57 Å². The zero-order valence-electron chi connectivity index (χ0n) is 12.2. The molecule has 4 rings (SSSR count). The summed E-state index contributed by atoms with van der Waals surface area (Å²) in [6, 6.07) is 0. The maximum Gasteiger partial charge on any atom is 0.0928 e. The van der Waals surface area contributed by atoms with E-state index in [0.29, 0.717) is 23.5 Å². The molecule has 0 saturated heterocycles. The monoisotopic (exact) mass is 272 g/mol. The quantitative estimate of drug-likeness (QED) is 0.702. The number of fused-ring (bicyclic) bond motifs is 5. The fourth-order valence-electron chi connectivity index (χ4n) is 5.30. The number of allylic oxidation sites excluding steroid dienone is 6. The fourth-order valence-corrected chi connectivity index (χ4v) is 5.30. The van der Waals surface area contributed by atoms with Crippen LogP contribution in [0.15, 0.2) is 35.1 Å². The van der Waals surface area contributed by atoms with Crippen LogP contribution in [0.3, 0.4) is 0 Å². The third-order valence-corrected chi connectivity index (χ3v) is 6.52. The summed E-state index contributed by atoms with van der Waals surface area (Å²) in [5.74, 6) is 2.36. The van der Waals surface area contributed by atoms with Crippen LogP contribution in [0.25, 0.3) is 0 Å². The van der Waals surface area contributed by atoms with Crippen LogP contribution in [-0.4, -0.2) is 16.3 Å². The Kier molecular flexibility index (Phi) is 2.69. The molecule has 0 bridgehead atoms. The lowest BCUT2D eigenvalue weighted by Crippen LogP contribution is -2.41. The number of hydrogen-bond acceptors (Lipinski definition) is 2. The van der Waals surface area contributed by atoms with Crippen LogP contribution in [-0.2, 0) is 0 Å². The second kappa shape index (κ2) is 4.24. The Morgan fingerprint density at radius 1 is 1.10 bits per heavy atom. The topological polar surface area (TPSA) is 40.5 Å². The average molecular weight is 272 g/mol. The number of aliphatic hydroxyl groups is 2. The van der Waals surface area contributed by atoms with Crippen molar-refractivity contribution in [1.82, 2.24) is 0 Å². The van der Waals surface area contributed by atoms with Gasteiger partial charge in [-0.05, 0) is 67.1 Å². The van der Waals surface area contributed by atoms with Gasteiger partial charge in [-0.25, -0.2) is 0 Å². The highest BCUT2D eigenvalue weighted by molar-refractivity contribution is 5.44. The van der Waals surface area contributed by atoms with Crippen LogP contribution in [0.5, 0.6) is 0 Å². The zero-order valence-corrected chi connectivity index (χ0v) is 12.2. The lowest BCUT2D eigenvalue weighted by molar-refractivity contribution is 0.0182. The van der Waals surface area contributed by atoms with Crippen molar-refractivity contribution in [3.63, 3.8) is 0 Å². The molecule has 0 aromatic heterocycles. The fraction of sp³-hybridized carbons (Fsp3) is 0.667. The number of aliphatic hydroxyl groups excluding tert-OH is 2. The summed E-state index contributed by atoms with van der Waals surface area (Å²) in [5.41, 5.74) is 3.12. The molecule has 2 saturated carbocycles. The van der Waals surface area contributed by atoms with Crippen molar-refractivity contribution in [2.24, 2.45) is 23.2 Å². The maximum absolute atomic E-state index is 10.4. The van der Waals surface area contributed by atoms with Crippen LogP contribution < -0.4 is 0 Å². The van der Waals surface area contributed by atoms with Crippen molar-refractivity contribution in [2.75, 3.05) is 0 Å². The normalized spacial score (nSPS) is 46.6. The molecule has 4 aliphatic carbocycles. The van der Waals surface area contributed by atoms with Gasteiger partial charge in [-0.1, -0.05) is 19.1 Å². The third kappa shape index (κ3) is 1.60.